The second kappa shape index (κ2) is 6.01. The molecule has 2 aromatic carbocycles. The molecule has 2 rings (SSSR count). The lowest BCUT2D eigenvalue weighted by Gasteiger charge is -2.08. The summed E-state index contributed by atoms with van der Waals surface area (Å²) >= 11 is 0. The fourth-order valence-electron chi connectivity index (χ4n) is 2.02. The molecule has 0 saturated heterocycles. The molecule has 0 saturated carbocycles. The molecule has 0 bridgehead atoms. The van der Waals surface area contributed by atoms with E-state index in [-0.39, 0.29) is 0 Å². The number of carbonyl (C=O) groups excluding carboxylic acids is 1. The average molecular weight is 239 g/mol. The maximum atomic E-state index is 10.4. The van der Waals surface area contributed by atoms with Crippen molar-refractivity contribution in [2.24, 2.45) is 0 Å². The Hall–Kier alpha value is -2.09. The van der Waals surface area contributed by atoms with Gasteiger partial charge < -0.3 is 5.32 Å². The van der Waals surface area contributed by atoms with Gasteiger partial charge in [0, 0.05) is 5.69 Å². The monoisotopic (exact) mass is 239 g/mol. The molecule has 2 aromatic rings. The van der Waals surface area contributed by atoms with Gasteiger partial charge in [-0.15, -0.1) is 0 Å². The summed E-state index contributed by atoms with van der Waals surface area (Å²) in [5, 5.41) is 2.69. The highest BCUT2D eigenvalue weighted by molar-refractivity contribution is 5.71. The van der Waals surface area contributed by atoms with E-state index in [9.17, 15) is 4.79 Å². The van der Waals surface area contributed by atoms with Gasteiger partial charge >= 0.3 is 0 Å². The Morgan fingerprint density at radius 2 is 1.83 bits per heavy atom. The molecular formula is C16H17NO. The van der Waals surface area contributed by atoms with Gasteiger partial charge in [0.05, 0.1) is 0 Å². The van der Waals surface area contributed by atoms with E-state index in [0.717, 1.165) is 18.5 Å². The highest BCUT2D eigenvalue weighted by atomic mass is 16.1. The van der Waals surface area contributed by atoms with E-state index < -0.39 is 0 Å². The Labute approximate surface area is 108 Å². The first-order valence-corrected chi connectivity index (χ1v) is 6.13. The number of aryl methyl sites for hydroxylation is 3. The van der Waals surface area contributed by atoms with Crippen LogP contribution in [0.5, 0.6) is 0 Å². The molecule has 0 aliphatic carbocycles. The highest BCUT2D eigenvalue weighted by Crippen LogP contribution is 2.17. The van der Waals surface area contributed by atoms with Crippen LogP contribution in [0.1, 0.15) is 16.7 Å². The van der Waals surface area contributed by atoms with Gasteiger partial charge in [-0.1, -0.05) is 36.4 Å². The lowest BCUT2D eigenvalue weighted by Crippen LogP contribution is -1.98. The number of hydrogen-bond acceptors (Lipinski definition) is 1. The molecule has 0 heterocycles. The number of carbonyl (C=O) groups is 1. The molecule has 0 spiro atoms. The normalized spacial score (nSPS) is 10.1. The van der Waals surface area contributed by atoms with E-state index in [1.807, 2.05) is 24.3 Å². The minimum Gasteiger partial charge on any atom is -0.329 e. The number of anilines is 1. The van der Waals surface area contributed by atoms with Crippen molar-refractivity contribution in [1.82, 2.24) is 0 Å². The summed E-state index contributed by atoms with van der Waals surface area (Å²) in [5.41, 5.74) is 4.75. The molecule has 1 amide bonds. The van der Waals surface area contributed by atoms with Crippen LogP contribution in [0.4, 0.5) is 5.69 Å². The Morgan fingerprint density at radius 3 is 2.56 bits per heavy atom. The second-order valence-corrected chi connectivity index (χ2v) is 4.39. The first-order chi connectivity index (χ1) is 8.79. The summed E-state index contributed by atoms with van der Waals surface area (Å²) in [6, 6.07) is 16.5. The van der Waals surface area contributed by atoms with Gasteiger partial charge in [0.15, 0.2) is 0 Å². The number of nitrogens with one attached hydrogen (secondary N) is 1. The summed E-state index contributed by atoms with van der Waals surface area (Å²) in [4.78, 5) is 10.4. The van der Waals surface area contributed by atoms with Crippen LogP contribution in [0.3, 0.4) is 0 Å². The largest absolute Gasteiger partial charge is 0.329 e. The minimum absolute atomic E-state index is 0.714. The smallest absolute Gasteiger partial charge is 0.211 e. The zero-order valence-electron chi connectivity index (χ0n) is 10.5. The molecule has 2 heteroatoms. The van der Waals surface area contributed by atoms with Crippen molar-refractivity contribution in [2.45, 2.75) is 19.8 Å². The summed E-state index contributed by atoms with van der Waals surface area (Å²) in [6.45, 7) is 2.10. The van der Waals surface area contributed by atoms with Gasteiger partial charge in [0.1, 0.15) is 0 Å². The molecule has 1 N–H and O–H groups in total. The zero-order chi connectivity index (χ0) is 12.8. The highest BCUT2D eigenvalue weighted by Gasteiger charge is 2.01. The maximum absolute atomic E-state index is 10.4. The third-order valence-electron chi connectivity index (χ3n) is 3.10. The molecule has 18 heavy (non-hydrogen) atoms. The van der Waals surface area contributed by atoms with Crippen LogP contribution in [0.15, 0.2) is 48.5 Å². The Bertz CT molecular complexity index is 520. The molecule has 2 nitrogen and oxygen atoms in total. The summed E-state index contributed by atoms with van der Waals surface area (Å²) in [7, 11) is 0. The predicted molar refractivity (Wildman–Crippen MR) is 74.7 cm³/mol. The second-order valence-electron chi connectivity index (χ2n) is 4.39. The molecule has 0 aromatic heterocycles. The van der Waals surface area contributed by atoms with E-state index in [0.29, 0.717) is 6.41 Å². The van der Waals surface area contributed by atoms with E-state index >= 15 is 0 Å². The van der Waals surface area contributed by atoms with Gasteiger partial charge in [-0.25, -0.2) is 0 Å². The van der Waals surface area contributed by atoms with Crippen LogP contribution >= 0.6 is 0 Å². The first-order valence-electron chi connectivity index (χ1n) is 6.13. The number of benzene rings is 2. The fourth-order valence-corrected chi connectivity index (χ4v) is 2.02. The summed E-state index contributed by atoms with van der Waals surface area (Å²) in [6.07, 6.45) is 2.72. The van der Waals surface area contributed by atoms with Crippen molar-refractivity contribution in [2.75, 3.05) is 5.32 Å². The number of rotatable bonds is 5. The third kappa shape index (κ3) is 3.20. The average Bonchev–Trinajstić information content (AvgIpc) is 2.41. The maximum Gasteiger partial charge on any atom is 0.211 e. The van der Waals surface area contributed by atoms with Crippen LogP contribution in [0.2, 0.25) is 0 Å². The van der Waals surface area contributed by atoms with E-state index in [1.54, 1.807) is 0 Å². The van der Waals surface area contributed by atoms with Crippen molar-refractivity contribution in [3.8, 4) is 0 Å². The lowest BCUT2D eigenvalue weighted by atomic mass is 10.00. The van der Waals surface area contributed by atoms with Crippen LogP contribution in [-0.4, -0.2) is 6.41 Å². The third-order valence-corrected chi connectivity index (χ3v) is 3.10. The molecule has 0 aliphatic heterocycles. The van der Waals surface area contributed by atoms with Gasteiger partial charge in [0.2, 0.25) is 6.41 Å². The van der Waals surface area contributed by atoms with Crippen molar-refractivity contribution < 1.29 is 4.79 Å². The Morgan fingerprint density at radius 1 is 1.06 bits per heavy atom. The topological polar surface area (TPSA) is 29.1 Å². The summed E-state index contributed by atoms with van der Waals surface area (Å²) in [5.74, 6) is 0. The first kappa shape index (κ1) is 12.4. The Balaban J connectivity index is 2.08. The summed E-state index contributed by atoms with van der Waals surface area (Å²) < 4.78 is 0. The zero-order valence-corrected chi connectivity index (χ0v) is 10.5. The SMILES string of the molecule is Cc1ccc(NC=O)cc1CCc1ccccc1. The van der Waals surface area contributed by atoms with Gasteiger partial charge in [0.25, 0.3) is 0 Å². The molecule has 0 fully saturated rings. The molecule has 0 unspecified atom stereocenters. The van der Waals surface area contributed by atoms with Crippen molar-refractivity contribution >= 4 is 12.1 Å². The van der Waals surface area contributed by atoms with E-state index in [1.165, 1.54) is 16.7 Å². The van der Waals surface area contributed by atoms with E-state index in [4.69, 9.17) is 0 Å². The van der Waals surface area contributed by atoms with Crippen molar-refractivity contribution in [1.29, 1.82) is 0 Å². The van der Waals surface area contributed by atoms with Gasteiger partial charge in [-0.2, -0.15) is 0 Å². The molecule has 0 aliphatic rings. The standard InChI is InChI=1S/C16H17NO/c1-13-7-10-16(17-12-18)11-15(13)9-8-14-5-3-2-4-6-14/h2-7,10-12H,8-9H2,1H3,(H,17,18). The minimum atomic E-state index is 0.714. The molecule has 0 radical (unpaired) electrons. The van der Waals surface area contributed by atoms with Gasteiger partial charge in [-0.3, -0.25) is 4.79 Å². The molecular weight excluding hydrogens is 222 g/mol. The van der Waals surface area contributed by atoms with Crippen molar-refractivity contribution in [3.05, 3.63) is 65.2 Å². The van der Waals surface area contributed by atoms with Crippen LogP contribution < -0.4 is 5.32 Å². The molecule has 92 valence electrons. The van der Waals surface area contributed by atoms with Crippen LogP contribution in [-0.2, 0) is 17.6 Å². The Kier molecular flexibility index (Phi) is 4.13. The fraction of sp³-hybridized carbons (Fsp3) is 0.188. The quantitative estimate of drug-likeness (QED) is 0.796. The van der Waals surface area contributed by atoms with Gasteiger partial charge in [-0.05, 0) is 48.6 Å². The van der Waals surface area contributed by atoms with Crippen LogP contribution in [0.25, 0.3) is 0 Å². The number of amides is 1. The van der Waals surface area contributed by atoms with Crippen LogP contribution in [0, 0.1) is 6.92 Å². The van der Waals surface area contributed by atoms with E-state index in [2.05, 4.69) is 36.5 Å². The predicted octanol–water partition coefficient (Wildman–Crippen LogP) is 3.35. The lowest BCUT2D eigenvalue weighted by molar-refractivity contribution is -0.105. The van der Waals surface area contributed by atoms with Crippen molar-refractivity contribution in [3.63, 3.8) is 0 Å². The number of hydrogen-bond donors (Lipinski definition) is 1. The molecule has 0 atom stereocenters.